The Bertz CT molecular complexity index is 474. The molecule has 0 radical (unpaired) electrons. The van der Waals surface area contributed by atoms with Crippen molar-refractivity contribution in [2.45, 2.75) is 13.8 Å². The van der Waals surface area contributed by atoms with Gasteiger partial charge in [-0.3, -0.25) is 0 Å². The van der Waals surface area contributed by atoms with Crippen LogP contribution in [0.4, 0.5) is 0 Å². The summed E-state index contributed by atoms with van der Waals surface area (Å²) in [6.07, 6.45) is 0. The molecule has 1 aromatic carbocycles. The van der Waals surface area contributed by atoms with E-state index in [1.165, 1.54) is 0 Å². The van der Waals surface area contributed by atoms with Crippen LogP contribution in [0.2, 0.25) is 0 Å². The van der Waals surface area contributed by atoms with E-state index in [0.29, 0.717) is 30.5 Å². The topological polar surface area (TPSA) is 46.2 Å². The predicted octanol–water partition coefficient (Wildman–Crippen LogP) is 3.54. The van der Waals surface area contributed by atoms with Gasteiger partial charge in [-0.2, -0.15) is 0 Å². The fourth-order valence-corrected chi connectivity index (χ4v) is 4.72. The molecular formula is C12H15O5P. The SMILES string of the molecule is CC1=C(C)OP2(Oc3ccccc3)(OCCO2)O1. The fourth-order valence-electron chi connectivity index (χ4n) is 1.85. The van der Waals surface area contributed by atoms with E-state index in [1.54, 1.807) is 13.8 Å². The van der Waals surface area contributed by atoms with Crippen LogP contribution in [0, 0.1) is 0 Å². The second kappa shape index (κ2) is 3.85. The Labute approximate surface area is 106 Å². The van der Waals surface area contributed by atoms with E-state index in [1.807, 2.05) is 30.3 Å². The maximum absolute atomic E-state index is 5.85. The van der Waals surface area contributed by atoms with Crippen molar-refractivity contribution in [1.29, 1.82) is 0 Å². The molecule has 2 heterocycles. The summed E-state index contributed by atoms with van der Waals surface area (Å²) in [6.45, 7) is 4.39. The Hall–Kier alpha value is -1.29. The van der Waals surface area contributed by atoms with Crippen LogP contribution >= 0.6 is 7.74 Å². The van der Waals surface area contributed by atoms with Gasteiger partial charge in [0.1, 0.15) is 0 Å². The number of hydrogen-bond acceptors (Lipinski definition) is 5. The van der Waals surface area contributed by atoms with Crippen molar-refractivity contribution in [3.8, 4) is 5.75 Å². The fraction of sp³-hybridized carbons (Fsp3) is 0.333. The van der Waals surface area contributed by atoms with Crippen molar-refractivity contribution >= 4 is 7.74 Å². The van der Waals surface area contributed by atoms with Gasteiger partial charge < -0.3 is 0 Å². The molecule has 0 amide bonds. The number of para-hydroxylation sites is 1. The molecule has 0 atom stereocenters. The van der Waals surface area contributed by atoms with E-state index in [4.69, 9.17) is 22.6 Å². The maximum atomic E-state index is 5.85. The first kappa shape index (κ1) is 11.8. The molecule has 3 rings (SSSR count). The van der Waals surface area contributed by atoms with Gasteiger partial charge in [0.05, 0.1) is 0 Å². The van der Waals surface area contributed by atoms with Crippen LogP contribution in [-0.2, 0) is 18.1 Å². The zero-order chi connectivity index (χ0) is 12.7. The van der Waals surface area contributed by atoms with E-state index in [-0.39, 0.29) is 0 Å². The molecule has 0 aliphatic carbocycles. The van der Waals surface area contributed by atoms with Crippen molar-refractivity contribution < 1.29 is 22.6 Å². The Kier molecular flexibility index (Phi) is 2.52. The third-order valence-electron chi connectivity index (χ3n) is 2.75. The molecule has 2 aliphatic rings. The molecule has 5 nitrogen and oxygen atoms in total. The molecule has 0 N–H and O–H groups in total. The van der Waals surface area contributed by atoms with Gasteiger partial charge in [0.2, 0.25) is 0 Å². The summed E-state index contributed by atoms with van der Waals surface area (Å²) in [5.41, 5.74) is 0. The monoisotopic (exact) mass is 270 g/mol. The number of benzene rings is 1. The third kappa shape index (κ3) is 1.75. The average Bonchev–Trinajstić information content (AvgIpc) is 2.85. The van der Waals surface area contributed by atoms with E-state index >= 15 is 0 Å². The van der Waals surface area contributed by atoms with Crippen molar-refractivity contribution in [3.63, 3.8) is 0 Å². The summed E-state index contributed by atoms with van der Waals surface area (Å²) >= 11 is 0. The minimum atomic E-state index is -3.94. The quantitative estimate of drug-likeness (QED) is 0.769. The molecule has 18 heavy (non-hydrogen) atoms. The molecule has 1 aromatic rings. The van der Waals surface area contributed by atoms with Gasteiger partial charge in [-0.1, -0.05) is 0 Å². The van der Waals surface area contributed by atoms with Gasteiger partial charge in [-0.15, -0.1) is 0 Å². The normalized spacial score (nSPS) is 26.2. The number of hydrogen-bond donors (Lipinski definition) is 0. The predicted molar refractivity (Wildman–Crippen MR) is 66.4 cm³/mol. The Balaban J connectivity index is 1.94. The Morgan fingerprint density at radius 1 is 0.944 bits per heavy atom. The first-order valence-electron chi connectivity index (χ1n) is 5.76. The van der Waals surface area contributed by atoms with Crippen LogP contribution < -0.4 is 4.52 Å². The zero-order valence-electron chi connectivity index (χ0n) is 10.3. The molecule has 98 valence electrons. The average molecular weight is 270 g/mol. The van der Waals surface area contributed by atoms with Crippen molar-refractivity contribution in [3.05, 3.63) is 41.9 Å². The van der Waals surface area contributed by atoms with E-state index < -0.39 is 7.74 Å². The van der Waals surface area contributed by atoms with Crippen molar-refractivity contribution in [1.82, 2.24) is 0 Å². The Morgan fingerprint density at radius 2 is 1.50 bits per heavy atom. The van der Waals surface area contributed by atoms with Crippen LogP contribution in [0.1, 0.15) is 13.8 Å². The van der Waals surface area contributed by atoms with Crippen LogP contribution in [-0.4, -0.2) is 13.2 Å². The molecule has 0 saturated carbocycles. The van der Waals surface area contributed by atoms with Crippen LogP contribution in [0.5, 0.6) is 5.75 Å². The summed E-state index contributed by atoms with van der Waals surface area (Å²) in [4.78, 5) is 0. The minimum absolute atomic E-state index is 0.394. The second-order valence-electron chi connectivity index (χ2n) is 4.11. The van der Waals surface area contributed by atoms with Crippen molar-refractivity contribution in [2.24, 2.45) is 0 Å². The van der Waals surface area contributed by atoms with Crippen LogP contribution in [0.15, 0.2) is 41.9 Å². The van der Waals surface area contributed by atoms with Gasteiger partial charge in [-0.05, 0) is 0 Å². The molecular weight excluding hydrogens is 255 g/mol. The number of allylic oxidation sites excluding steroid dienone is 2. The van der Waals surface area contributed by atoms with Crippen LogP contribution in [0.3, 0.4) is 0 Å². The van der Waals surface area contributed by atoms with Gasteiger partial charge in [0.15, 0.2) is 0 Å². The molecule has 0 bridgehead atoms. The molecule has 0 aromatic heterocycles. The summed E-state index contributed by atoms with van der Waals surface area (Å²) in [5, 5.41) is 0. The third-order valence-corrected chi connectivity index (χ3v) is 5.61. The molecule has 1 spiro atoms. The van der Waals surface area contributed by atoms with Gasteiger partial charge in [0.25, 0.3) is 0 Å². The van der Waals surface area contributed by atoms with E-state index in [2.05, 4.69) is 0 Å². The molecule has 6 heteroatoms. The van der Waals surface area contributed by atoms with Crippen LogP contribution in [0.25, 0.3) is 0 Å². The van der Waals surface area contributed by atoms with Crippen molar-refractivity contribution in [2.75, 3.05) is 13.2 Å². The summed E-state index contributed by atoms with van der Waals surface area (Å²) in [7, 11) is -3.94. The first-order valence-corrected chi connectivity index (χ1v) is 7.59. The summed E-state index contributed by atoms with van der Waals surface area (Å²) in [5.74, 6) is 1.86. The second-order valence-corrected chi connectivity index (χ2v) is 6.67. The summed E-state index contributed by atoms with van der Waals surface area (Å²) in [6, 6.07) is 9.25. The molecule has 1 saturated heterocycles. The Morgan fingerprint density at radius 3 is 2.06 bits per heavy atom. The van der Waals surface area contributed by atoms with E-state index in [0.717, 1.165) is 0 Å². The van der Waals surface area contributed by atoms with Gasteiger partial charge in [0, 0.05) is 0 Å². The van der Waals surface area contributed by atoms with E-state index in [9.17, 15) is 0 Å². The summed E-state index contributed by atoms with van der Waals surface area (Å²) < 4.78 is 28.6. The molecule has 1 fully saturated rings. The van der Waals surface area contributed by atoms with Gasteiger partial charge >= 0.3 is 105 Å². The van der Waals surface area contributed by atoms with Gasteiger partial charge in [-0.25, -0.2) is 0 Å². The first-order chi connectivity index (χ1) is 8.61. The number of rotatable bonds is 2. The standard InChI is InChI=1S/C12H15O5P/c1-10-11(2)16-18(15-10,13-8-9-14-18)17-12-6-4-3-5-7-12/h3-7H,8-9H2,1-2H3. The molecule has 2 aliphatic heterocycles. The molecule has 0 unspecified atom stereocenters. The zero-order valence-corrected chi connectivity index (χ0v) is 11.2.